The molecule has 0 fully saturated rings. The molecule has 0 aliphatic carbocycles. The van der Waals surface area contributed by atoms with Crippen LogP contribution in [0.1, 0.15) is 95.9 Å². The molecule has 304 valence electrons. The van der Waals surface area contributed by atoms with E-state index in [4.69, 9.17) is 38.6 Å². The molecule has 0 saturated carbocycles. The highest BCUT2D eigenvalue weighted by atomic mass is 16.5. The largest absolute Gasteiger partial charge is 0.481 e. The number of nitrogens with one attached hydrogen (secondary N) is 3. The lowest BCUT2D eigenvalue weighted by Crippen LogP contribution is -2.43. The van der Waals surface area contributed by atoms with Crippen molar-refractivity contribution in [1.29, 1.82) is 0 Å². The van der Waals surface area contributed by atoms with Gasteiger partial charge in [0.1, 0.15) is 0 Å². The first-order valence-electron chi connectivity index (χ1n) is 14.9. The van der Waals surface area contributed by atoms with Crippen molar-refractivity contribution in [3.63, 3.8) is 0 Å². The molecule has 0 bridgehead atoms. The van der Waals surface area contributed by atoms with Gasteiger partial charge in [-0.3, -0.25) is 24.0 Å². The highest BCUT2D eigenvalue weighted by Gasteiger charge is 2.20. The van der Waals surface area contributed by atoms with Crippen LogP contribution in [0.5, 0.6) is 0 Å². The molecular formula is C34H75N3O13. The summed E-state index contributed by atoms with van der Waals surface area (Å²) in [6.45, 7) is 4.03. The molecule has 0 unspecified atom stereocenters. The van der Waals surface area contributed by atoms with Crippen LogP contribution in [0.3, 0.4) is 0 Å². The molecule has 0 aromatic heterocycles. The predicted octanol–water partition coefficient (Wildman–Crippen LogP) is 3.54. The first-order valence-corrected chi connectivity index (χ1v) is 14.9. The molecule has 0 saturated heterocycles. The molecule has 0 aliphatic heterocycles. The summed E-state index contributed by atoms with van der Waals surface area (Å²) < 4.78 is 31.5. The van der Waals surface area contributed by atoms with E-state index in [9.17, 15) is 24.0 Å². The molecule has 0 spiro atoms. The summed E-state index contributed by atoms with van der Waals surface area (Å²) >= 11 is 0. The number of methoxy groups -OCH3 is 1. The Hall–Kier alpha value is -2.89. The zero-order valence-corrected chi connectivity index (χ0v) is 25.8. The maximum absolute atomic E-state index is 12.5. The van der Waals surface area contributed by atoms with Gasteiger partial charge in [-0.15, -0.1) is 0 Å². The van der Waals surface area contributed by atoms with Crippen molar-refractivity contribution in [2.45, 2.75) is 102 Å². The molecule has 0 rings (SSSR count). The predicted molar refractivity (Wildman–Crippen MR) is 197 cm³/mol. The lowest BCUT2D eigenvalue weighted by atomic mass is 10.1. The summed E-state index contributed by atoms with van der Waals surface area (Å²) in [5, 5.41) is 25.3. The molecule has 16 nitrogen and oxygen atoms in total. The molecule has 0 aliphatic rings. The maximum Gasteiger partial charge on any atom is 0.303 e. The summed E-state index contributed by atoms with van der Waals surface area (Å²) in [6.07, 6.45) is 1.37. The highest BCUT2D eigenvalue weighted by Crippen LogP contribution is 2.02. The fraction of sp³-hybridized carbons (Fsp3) is 0.853. The van der Waals surface area contributed by atoms with E-state index in [1.807, 2.05) is 0 Å². The minimum absolute atomic E-state index is 0. The van der Waals surface area contributed by atoms with Gasteiger partial charge in [-0.25, -0.2) is 0 Å². The first-order chi connectivity index (χ1) is 21.2. The van der Waals surface area contributed by atoms with Crippen molar-refractivity contribution in [2.24, 2.45) is 0 Å². The van der Waals surface area contributed by atoms with Gasteiger partial charge < -0.3 is 54.6 Å². The Morgan fingerprint density at radius 2 is 0.820 bits per heavy atom. The van der Waals surface area contributed by atoms with Gasteiger partial charge in [0.15, 0.2) is 0 Å². The number of carbonyl (C=O) groups excluding carboxylic acids is 3. The average Bonchev–Trinajstić information content (AvgIpc) is 2.96. The number of carbonyl (C=O) groups is 5. The van der Waals surface area contributed by atoms with E-state index in [2.05, 4.69) is 16.0 Å². The number of amides is 3. The van der Waals surface area contributed by atoms with Gasteiger partial charge in [-0.2, -0.15) is 0 Å². The van der Waals surface area contributed by atoms with E-state index >= 15 is 0 Å². The topological polar surface area (TPSA) is 217 Å². The van der Waals surface area contributed by atoms with Gasteiger partial charge in [0.05, 0.1) is 52.9 Å². The zero-order chi connectivity index (χ0) is 32.7. The summed E-state index contributed by atoms with van der Waals surface area (Å²) in [6, 6.07) is -0.725. The number of aliphatic carboxylic acids is 2. The van der Waals surface area contributed by atoms with Crippen LogP contribution in [-0.2, 0) is 52.4 Å². The van der Waals surface area contributed by atoms with E-state index < -0.39 is 18.0 Å². The van der Waals surface area contributed by atoms with E-state index in [0.717, 1.165) is 0 Å². The van der Waals surface area contributed by atoms with Crippen LogP contribution in [0.25, 0.3) is 0 Å². The van der Waals surface area contributed by atoms with Gasteiger partial charge in [0.2, 0.25) is 17.7 Å². The Balaban J connectivity index is -0.000000616. The van der Waals surface area contributed by atoms with E-state index in [0.29, 0.717) is 78.7 Å². The summed E-state index contributed by atoms with van der Waals surface area (Å²) in [5.41, 5.74) is 0. The van der Waals surface area contributed by atoms with Gasteiger partial charge >= 0.3 is 11.9 Å². The number of ether oxygens (including phenoxy) is 6. The third-order valence-corrected chi connectivity index (χ3v) is 5.59. The molecule has 0 aromatic rings. The van der Waals surface area contributed by atoms with E-state index in [1.54, 1.807) is 7.11 Å². The smallest absolute Gasteiger partial charge is 0.303 e. The van der Waals surface area contributed by atoms with Crippen LogP contribution in [-0.4, -0.2) is 139 Å². The normalized spacial score (nSPS) is 9.64. The molecule has 0 heterocycles. The molecular weight excluding hydrogens is 658 g/mol. The Morgan fingerprint density at radius 1 is 0.480 bits per heavy atom. The van der Waals surface area contributed by atoms with Crippen molar-refractivity contribution in [3.05, 3.63) is 0 Å². The van der Waals surface area contributed by atoms with Gasteiger partial charge in [0, 0.05) is 78.2 Å². The number of rotatable bonds is 32. The second-order valence-corrected chi connectivity index (χ2v) is 9.53. The molecule has 0 radical (unpaired) electrons. The van der Waals surface area contributed by atoms with Crippen molar-refractivity contribution in [3.8, 4) is 0 Å². The van der Waals surface area contributed by atoms with Gasteiger partial charge in [0.25, 0.3) is 0 Å². The average molecular weight is 734 g/mol. The molecule has 0 aromatic carbocycles. The lowest BCUT2D eigenvalue weighted by Gasteiger charge is -2.18. The maximum atomic E-state index is 12.5. The number of carboxylic acids is 2. The monoisotopic (exact) mass is 734 g/mol. The van der Waals surface area contributed by atoms with Crippen molar-refractivity contribution in [1.82, 2.24) is 16.0 Å². The Morgan fingerprint density at radius 3 is 1.18 bits per heavy atom. The van der Waals surface area contributed by atoms with Crippen molar-refractivity contribution < 1.29 is 62.6 Å². The fourth-order valence-corrected chi connectivity index (χ4v) is 3.47. The van der Waals surface area contributed by atoms with Gasteiger partial charge in [-0.05, 0) is 19.3 Å². The van der Waals surface area contributed by atoms with Crippen LogP contribution in [0.4, 0.5) is 0 Å². The number of hydrogen-bond acceptors (Lipinski definition) is 11. The first kappa shape index (κ1) is 62.3. The quantitative estimate of drug-likeness (QED) is 0.0626. The second kappa shape index (κ2) is 46.1. The van der Waals surface area contributed by atoms with Crippen LogP contribution in [0.2, 0.25) is 0 Å². The Bertz CT molecular complexity index is 741. The van der Waals surface area contributed by atoms with Crippen LogP contribution in [0.15, 0.2) is 0 Å². The van der Waals surface area contributed by atoms with E-state index in [1.165, 1.54) is 0 Å². The molecule has 50 heavy (non-hydrogen) atoms. The Labute approximate surface area is 303 Å². The zero-order valence-electron chi connectivity index (χ0n) is 25.8. The molecule has 16 heteroatoms. The number of carboxylic acid groups (broad SMARTS) is 2. The third kappa shape index (κ3) is 47.2. The second-order valence-electron chi connectivity index (χ2n) is 9.53. The van der Waals surface area contributed by atoms with Crippen LogP contribution in [0, 0.1) is 0 Å². The van der Waals surface area contributed by atoms with E-state index in [-0.39, 0.29) is 121 Å². The standard InChI is InChI=1S/C28H51N3O13.6CH4/c1-39-15-16-40-10-2-5-24(32)31-23(21-25(33)29-8-13-43-19-17-41-11-3-6-27(35)36)22-26(34)30-9-14-44-20-18-42-12-4-7-28(37)38;;;;;;/h23H,2-22H2,1H3,(H,29,33)(H,30,34)(H,31,32)(H,35,36)(H,37,38);6*1H4. The minimum atomic E-state index is -0.872. The minimum Gasteiger partial charge on any atom is -0.481 e. The molecule has 3 amide bonds. The SMILES string of the molecule is C.C.C.C.C.C.COCCOCCCC(=O)NC(CC(=O)NCCOCCOCCCC(=O)O)CC(=O)NCCOCCOCCCC(=O)O. The van der Waals surface area contributed by atoms with Crippen LogP contribution < -0.4 is 16.0 Å². The summed E-state index contributed by atoms with van der Waals surface area (Å²) in [7, 11) is 1.57. The van der Waals surface area contributed by atoms with Crippen molar-refractivity contribution >= 4 is 29.7 Å². The molecule has 5 N–H and O–H groups in total. The summed E-state index contributed by atoms with van der Waals surface area (Å²) in [5.74, 6) is -2.76. The van der Waals surface area contributed by atoms with Crippen molar-refractivity contribution in [2.75, 3.05) is 92.9 Å². The third-order valence-electron chi connectivity index (χ3n) is 5.59. The number of hydrogen-bond donors (Lipinski definition) is 5. The van der Waals surface area contributed by atoms with Crippen LogP contribution >= 0.6 is 0 Å². The molecule has 0 atom stereocenters. The fourth-order valence-electron chi connectivity index (χ4n) is 3.47. The lowest BCUT2D eigenvalue weighted by molar-refractivity contribution is -0.138. The Kier molecular flexibility index (Phi) is 57.4. The van der Waals surface area contributed by atoms with Gasteiger partial charge in [-0.1, -0.05) is 44.6 Å². The highest BCUT2D eigenvalue weighted by molar-refractivity contribution is 5.83. The summed E-state index contributed by atoms with van der Waals surface area (Å²) in [4.78, 5) is 58.3.